The average Bonchev–Trinajstić information content (AvgIpc) is 3.28. The van der Waals surface area contributed by atoms with Crippen molar-refractivity contribution in [1.29, 1.82) is 0 Å². The van der Waals surface area contributed by atoms with Gasteiger partial charge in [0.25, 0.3) is 5.91 Å². The Kier molecular flexibility index (Phi) is 6.26. The Labute approximate surface area is 154 Å². The minimum Gasteiger partial charge on any atom is -0.379 e. The lowest BCUT2D eigenvalue weighted by Gasteiger charge is -2.30. The molecule has 2 amide bonds. The van der Waals surface area contributed by atoms with Gasteiger partial charge < -0.3 is 19.1 Å². The molecule has 0 aromatic carbocycles. The predicted octanol–water partition coefficient (Wildman–Crippen LogP) is 0.768. The molecule has 8 heteroatoms. The zero-order chi connectivity index (χ0) is 18.5. The number of hydrogen-bond donors (Lipinski definition) is 0. The zero-order valence-electron chi connectivity index (χ0n) is 15.6. The number of carbonyl (C=O) groups is 2. The molecule has 1 aromatic heterocycles. The van der Waals surface area contributed by atoms with Gasteiger partial charge in [0.1, 0.15) is 5.76 Å². The highest BCUT2D eigenvalue weighted by Gasteiger charge is 2.33. The first-order chi connectivity index (χ1) is 12.5. The molecule has 2 fully saturated rings. The molecule has 8 nitrogen and oxygen atoms in total. The summed E-state index contributed by atoms with van der Waals surface area (Å²) in [6.07, 6.45) is 1.74. The Bertz CT molecular complexity index is 626. The first kappa shape index (κ1) is 18.8. The second-order valence-electron chi connectivity index (χ2n) is 7.04. The van der Waals surface area contributed by atoms with E-state index < -0.39 is 0 Å². The topological polar surface area (TPSA) is 79.1 Å². The van der Waals surface area contributed by atoms with Gasteiger partial charge in [-0.15, -0.1) is 0 Å². The summed E-state index contributed by atoms with van der Waals surface area (Å²) in [5, 5.41) is 3.80. The Hall–Kier alpha value is -1.93. The number of aryl methyl sites for hydroxylation is 1. The standard InChI is InChI=1S/C18H28N4O4/c1-14-12-17(19-26-14)18(24)21-7-4-16(13-21)22(15(2)23)6-3-5-20-8-10-25-11-9-20/h12,16H,3-11,13H2,1-2H3. The van der Waals surface area contributed by atoms with Gasteiger partial charge in [0.05, 0.1) is 19.3 Å². The molecule has 0 saturated carbocycles. The maximum atomic E-state index is 12.5. The number of hydrogen-bond acceptors (Lipinski definition) is 6. The molecule has 2 saturated heterocycles. The summed E-state index contributed by atoms with van der Waals surface area (Å²) in [5.74, 6) is 0.572. The van der Waals surface area contributed by atoms with Gasteiger partial charge in [-0.05, 0) is 19.8 Å². The molecule has 3 heterocycles. The van der Waals surface area contributed by atoms with Crippen LogP contribution in [0.1, 0.15) is 36.0 Å². The average molecular weight is 364 g/mol. The molecule has 0 spiro atoms. The van der Waals surface area contributed by atoms with Crippen molar-refractivity contribution in [3.8, 4) is 0 Å². The number of likely N-dealkylation sites (tertiary alicyclic amines) is 1. The van der Waals surface area contributed by atoms with Crippen LogP contribution in [0.25, 0.3) is 0 Å². The molecule has 0 radical (unpaired) electrons. The van der Waals surface area contributed by atoms with Crippen LogP contribution in [-0.2, 0) is 9.53 Å². The molecule has 0 bridgehead atoms. The molecule has 144 valence electrons. The van der Waals surface area contributed by atoms with Crippen molar-refractivity contribution >= 4 is 11.8 Å². The van der Waals surface area contributed by atoms with Crippen LogP contribution in [0, 0.1) is 6.92 Å². The van der Waals surface area contributed by atoms with Crippen LogP contribution in [0.4, 0.5) is 0 Å². The van der Waals surface area contributed by atoms with E-state index in [1.165, 1.54) is 0 Å². The Morgan fingerprint density at radius 1 is 1.31 bits per heavy atom. The minimum atomic E-state index is -0.124. The predicted molar refractivity (Wildman–Crippen MR) is 94.8 cm³/mol. The fourth-order valence-corrected chi connectivity index (χ4v) is 3.70. The van der Waals surface area contributed by atoms with Crippen LogP contribution < -0.4 is 0 Å². The van der Waals surface area contributed by atoms with E-state index in [0.717, 1.165) is 52.2 Å². The number of ether oxygens (including phenoxy) is 1. The van der Waals surface area contributed by atoms with Crippen molar-refractivity contribution in [2.45, 2.75) is 32.7 Å². The Balaban J connectivity index is 1.50. The third-order valence-electron chi connectivity index (χ3n) is 5.12. The Morgan fingerprint density at radius 3 is 2.73 bits per heavy atom. The molecule has 0 N–H and O–H groups in total. The summed E-state index contributed by atoms with van der Waals surface area (Å²) in [7, 11) is 0. The van der Waals surface area contributed by atoms with Gasteiger partial charge >= 0.3 is 0 Å². The number of aromatic nitrogens is 1. The van der Waals surface area contributed by atoms with Crippen molar-refractivity contribution in [3.05, 3.63) is 17.5 Å². The van der Waals surface area contributed by atoms with Crippen molar-refractivity contribution in [3.63, 3.8) is 0 Å². The van der Waals surface area contributed by atoms with E-state index in [1.54, 1.807) is 24.8 Å². The van der Waals surface area contributed by atoms with E-state index in [4.69, 9.17) is 9.26 Å². The molecule has 3 rings (SSSR count). The molecule has 1 aromatic rings. The zero-order valence-corrected chi connectivity index (χ0v) is 15.6. The van der Waals surface area contributed by atoms with Crippen molar-refractivity contribution in [1.82, 2.24) is 19.9 Å². The van der Waals surface area contributed by atoms with Gasteiger partial charge in [-0.3, -0.25) is 14.5 Å². The number of amides is 2. The normalized spacial score (nSPS) is 21.2. The Morgan fingerprint density at radius 2 is 2.08 bits per heavy atom. The first-order valence-corrected chi connectivity index (χ1v) is 9.34. The lowest BCUT2D eigenvalue weighted by molar-refractivity contribution is -0.131. The van der Waals surface area contributed by atoms with E-state index >= 15 is 0 Å². The summed E-state index contributed by atoms with van der Waals surface area (Å²) in [4.78, 5) is 30.7. The number of morpholine rings is 1. The van der Waals surface area contributed by atoms with Gasteiger partial charge in [0.2, 0.25) is 5.91 Å². The van der Waals surface area contributed by atoms with E-state index in [1.807, 2.05) is 4.90 Å². The maximum absolute atomic E-state index is 12.5. The first-order valence-electron chi connectivity index (χ1n) is 9.34. The molecular weight excluding hydrogens is 336 g/mol. The molecule has 2 aliphatic heterocycles. The van der Waals surface area contributed by atoms with E-state index in [-0.39, 0.29) is 17.9 Å². The van der Waals surface area contributed by atoms with Crippen LogP contribution in [0.2, 0.25) is 0 Å². The van der Waals surface area contributed by atoms with Gasteiger partial charge in [0.15, 0.2) is 5.69 Å². The number of carbonyl (C=O) groups excluding carboxylic acids is 2. The summed E-state index contributed by atoms with van der Waals surface area (Å²) in [6.45, 7) is 9.78. The van der Waals surface area contributed by atoms with Gasteiger partial charge in [-0.25, -0.2) is 0 Å². The quantitative estimate of drug-likeness (QED) is 0.742. The highest BCUT2D eigenvalue weighted by atomic mass is 16.5. The van der Waals surface area contributed by atoms with Crippen LogP contribution in [0.15, 0.2) is 10.6 Å². The molecule has 0 aliphatic carbocycles. The number of nitrogens with zero attached hydrogens (tertiary/aromatic N) is 4. The SMILES string of the molecule is CC(=O)N(CCCN1CCOCC1)C1CCN(C(=O)c2cc(C)on2)C1. The minimum absolute atomic E-state index is 0.0727. The largest absolute Gasteiger partial charge is 0.379 e. The maximum Gasteiger partial charge on any atom is 0.276 e. The van der Waals surface area contributed by atoms with Gasteiger partial charge in [-0.2, -0.15) is 0 Å². The molecule has 26 heavy (non-hydrogen) atoms. The smallest absolute Gasteiger partial charge is 0.276 e. The summed E-state index contributed by atoms with van der Waals surface area (Å²) in [6, 6.07) is 1.73. The van der Waals surface area contributed by atoms with E-state index in [9.17, 15) is 9.59 Å². The highest BCUT2D eigenvalue weighted by molar-refractivity contribution is 5.92. The third-order valence-corrected chi connectivity index (χ3v) is 5.12. The second kappa shape index (κ2) is 8.64. The van der Waals surface area contributed by atoms with Crippen molar-refractivity contribution in [2.24, 2.45) is 0 Å². The molecule has 2 aliphatic rings. The number of rotatable bonds is 6. The lowest BCUT2D eigenvalue weighted by Crippen LogP contribution is -2.44. The third kappa shape index (κ3) is 4.62. The van der Waals surface area contributed by atoms with E-state index in [2.05, 4.69) is 10.1 Å². The fraction of sp³-hybridized carbons (Fsp3) is 0.722. The second-order valence-corrected chi connectivity index (χ2v) is 7.04. The van der Waals surface area contributed by atoms with Crippen LogP contribution in [0.3, 0.4) is 0 Å². The molecule has 1 unspecified atom stereocenters. The van der Waals surface area contributed by atoms with Gasteiger partial charge in [0, 0.05) is 52.3 Å². The van der Waals surface area contributed by atoms with Crippen molar-refractivity contribution in [2.75, 3.05) is 52.5 Å². The van der Waals surface area contributed by atoms with Crippen LogP contribution in [0.5, 0.6) is 0 Å². The van der Waals surface area contributed by atoms with Gasteiger partial charge in [-0.1, -0.05) is 5.16 Å². The lowest BCUT2D eigenvalue weighted by atomic mass is 10.2. The van der Waals surface area contributed by atoms with Crippen molar-refractivity contribution < 1.29 is 18.8 Å². The summed E-state index contributed by atoms with van der Waals surface area (Å²) < 4.78 is 10.4. The monoisotopic (exact) mass is 364 g/mol. The van der Waals surface area contributed by atoms with Crippen LogP contribution in [-0.4, -0.2) is 90.2 Å². The fourth-order valence-electron chi connectivity index (χ4n) is 3.70. The highest BCUT2D eigenvalue weighted by Crippen LogP contribution is 2.19. The van der Waals surface area contributed by atoms with E-state index in [0.29, 0.717) is 24.5 Å². The molecular formula is C18H28N4O4. The summed E-state index contributed by atoms with van der Waals surface area (Å²) >= 11 is 0. The van der Waals surface area contributed by atoms with Crippen LogP contribution >= 0.6 is 0 Å². The molecule has 1 atom stereocenters. The summed E-state index contributed by atoms with van der Waals surface area (Å²) in [5.41, 5.74) is 0.338.